The lowest BCUT2D eigenvalue weighted by atomic mass is 10.0. The first-order valence-electron chi connectivity index (χ1n) is 7.52. The van der Waals surface area contributed by atoms with E-state index in [0.717, 1.165) is 22.2 Å². The predicted octanol–water partition coefficient (Wildman–Crippen LogP) is 3.67. The van der Waals surface area contributed by atoms with E-state index in [4.69, 9.17) is 0 Å². The first-order valence-corrected chi connectivity index (χ1v) is 7.52. The Bertz CT molecular complexity index is 1040. The summed E-state index contributed by atoms with van der Waals surface area (Å²) in [7, 11) is 0. The minimum Gasteiger partial charge on any atom is -0.478 e. The maximum atomic E-state index is 12.3. The van der Waals surface area contributed by atoms with Crippen LogP contribution in [0, 0.1) is 6.92 Å². The normalized spacial score (nSPS) is 14.9. The Morgan fingerprint density at radius 2 is 1.96 bits per heavy atom. The number of amides is 1. The smallest absolute Gasteiger partial charge is 0.335 e. The number of rotatable bonds is 2. The van der Waals surface area contributed by atoms with Gasteiger partial charge in [0.1, 0.15) is 0 Å². The van der Waals surface area contributed by atoms with Gasteiger partial charge in [-0.05, 0) is 37.3 Å². The number of aromatic amines is 1. The van der Waals surface area contributed by atoms with Crippen LogP contribution in [-0.4, -0.2) is 22.0 Å². The second-order valence-electron chi connectivity index (χ2n) is 5.79. The molecule has 0 atom stereocenters. The van der Waals surface area contributed by atoms with Gasteiger partial charge in [0, 0.05) is 39.0 Å². The van der Waals surface area contributed by atoms with Crippen molar-refractivity contribution in [3.63, 3.8) is 0 Å². The van der Waals surface area contributed by atoms with Crippen molar-refractivity contribution >= 4 is 40.1 Å². The van der Waals surface area contributed by atoms with E-state index < -0.39 is 5.97 Å². The maximum absolute atomic E-state index is 12.3. The number of carbonyl (C=O) groups is 2. The standard InChI is InChI=1S/C19H14N2O3/c1-10-13(12-4-2-3-5-16(12)20-10)9-15-14-8-11(19(23)24)6-7-17(14)21-18(15)22/h2-9,20H,1H3,(H,21,22)(H,23,24)/b15-9+. The summed E-state index contributed by atoms with van der Waals surface area (Å²) in [6.45, 7) is 1.95. The molecule has 0 saturated carbocycles. The summed E-state index contributed by atoms with van der Waals surface area (Å²) in [5.41, 5.74) is 4.77. The van der Waals surface area contributed by atoms with Crippen LogP contribution in [0.5, 0.6) is 0 Å². The number of aromatic nitrogens is 1. The van der Waals surface area contributed by atoms with Gasteiger partial charge in [0.25, 0.3) is 5.91 Å². The molecule has 0 aliphatic carbocycles. The van der Waals surface area contributed by atoms with Crippen LogP contribution in [0.1, 0.15) is 27.2 Å². The van der Waals surface area contributed by atoms with Gasteiger partial charge in [0.15, 0.2) is 0 Å². The van der Waals surface area contributed by atoms with Gasteiger partial charge >= 0.3 is 5.97 Å². The number of nitrogens with one attached hydrogen (secondary N) is 2. The summed E-state index contributed by atoms with van der Waals surface area (Å²) >= 11 is 0. The summed E-state index contributed by atoms with van der Waals surface area (Å²) in [5.74, 6) is -1.24. The third-order valence-corrected chi connectivity index (χ3v) is 4.28. The van der Waals surface area contributed by atoms with Gasteiger partial charge in [-0.2, -0.15) is 0 Å². The van der Waals surface area contributed by atoms with E-state index in [0.29, 0.717) is 16.8 Å². The minimum atomic E-state index is -1.01. The van der Waals surface area contributed by atoms with Crippen molar-refractivity contribution in [2.24, 2.45) is 0 Å². The van der Waals surface area contributed by atoms with Gasteiger partial charge in [-0.15, -0.1) is 0 Å². The highest BCUT2D eigenvalue weighted by Gasteiger charge is 2.25. The van der Waals surface area contributed by atoms with Crippen molar-refractivity contribution in [3.05, 3.63) is 64.8 Å². The molecule has 0 unspecified atom stereocenters. The molecule has 0 bridgehead atoms. The van der Waals surface area contributed by atoms with Crippen LogP contribution in [0.2, 0.25) is 0 Å². The average molecular weight is 318 g/mol. The van der Waals surface area contributed by atoms with Crippen LogP contribution in [0.3, 0.4) is 0 Å². The average Bonchev–Trinajstić information content (AvgIpc) is 3.04. The lowest BCUT2D eigenvalue weighted by Crippen LogP contribution is -2.03. The predicted molar refractivity (Wildman–Crippen MR) is 92.9 cm³/mol. The SMILES string of the molecule is Cc1[nH]c2ccccc2c1/C=C1/C(=O)Nc2ccc(C(=O)O)cc21. The number of benzene rings is 2. The summed E-state index contributed by atoms with van der Waals surface area (Å²) in [6.07, 6.45) is 1.82. The highest BCUT2D eigenvalue weighted by atomic mass is 16.4. The number of aryl methyl sites for hydroxylation is 1. The van der Waals surface area contributed by atoms with Crippen molar-refractivity contribution in [2.75, 3.05) is 5.32 Å². The molecule has 3 aromatic rings. The Hall–Kier alpha value is -3.34. The minimum absolute atomic E-state index is 0.159. The molecule has 1 amide bonds. The van der Waals surface area contributed by atoms with Crippen molar-refractivity contribution in [1.82, 2.24) is 4.98 Å². The van der Waals surface area contributed by atoms with Gasteiger partial charge in [-0.25, -0.2) is 4.79 Å². The first kappa shape index (κ1) is 14.3. The molecular weight excluding hydrogens is 304 g/mol. The Morgan fingerprint density at radius 1 is 1.17 bits per heavy atom. The second kappa shape index (κ2) is 5.09. The van der Waals surface area contributed by atoms with Crippen LogP contribution >= 0.6 is 0 Å². The summed E-state index contributed by atoms with van der Waals surface area (Å²) in [5, 5.41) is 13.0. The first-order chi connectivity index (χ1) is 11.5. The van der Waals surface area contributed by atoms with Crippen molar-refractivity contribution in [2.45, 2.75) is 6.92 Å². The monoisotopic (exact) mass is 318 g/mol. The Morgan fingerprint density at radius 3 is 2.75 bits per heavy atom. The number of carbonyl (C=O) groups excluding carboxylic acids is 1. The highest BCUT2D eigenvalue weighted by molar-refractivity contribution is 6.35. The van der Waals surface area contributed by atoms with E-state index in [-0.39, 0.29) is 11.5 Å². The number of carboxylic acids is 1. The molecule has 1 aromatic heterocycles. The number of fused-ring (bicyclic) bond motifs is 2. The molecule has 118 valence electrons. The number of carboxylic acid groups (broad SMARTS) is 1. The molecule has 0 radical (unpaired) electrons. The quantitative estimate of drug-likeness (QED) is 0.631. The third kappa shape index (κ3) is 2.10. The van der Waals surface area contributed by atoms with E-state index in [1.165, 1.54) is 12.1 Å². The lowest BCUT2D eigenvalue weighted by molar-refractivity contribution is -0.110. The molecule has 2 aromatic carbocycles. The van der Waals surface area contributed by atoms with Crippen molar-refractivity contribution in [3.8, 4) is 0 Å². The van der Waals surface area contributed by atoms with E-state index in [2.05, 4.69) is 10.3 Å². The third-order valence-electron chi connectivity index (χ3n) is 4.28. The lowest BCUT2D eigenvalue weighted by Gasteiger charge is -2.01. The molecule has 1 aliphatic heterocycles. The van der Waals surface area contributed by atoms with Crippen LogP contribution in [0.15, 0.2) is 42.5 Å². The zero-order valence-corrected chi connectivity index (χ0v) is 12.9. The van der Waals surface area contributed by atoms with Gasteiger partial charge < -0.3 is 15.4 Å². The molecule has 3 N–H and O–H groups in total. The number of aromatic carboxylic acids is 1. The van der Waals surface area contributed by atoms with Crippen LogP contribution in [0.4, 0.5) is 5.69 Å². The molecule has 0 saturated heterocycles. The van der Waals surface area contributed by atoms with Crippen LogP contribution in [-0.2, 0) is 4.79 Å². The number of H-pyrrole nitrogens is 1. The number of para-hydroxylation sites is 1. The van der Waals surface area contributed by atoms with E-state index in [1.807, 2.05) is 37.3 Å². The van der Waals surface area contributed by atoms with Gasteiger partial charge in [0.2, 0.25) is 0 Å². The van der Waals surface area contributed by atoms with E-state index in [9.17, 15) is 14.7 Å². The second-order valence-corrected chi connectivity index (χ2v) is 5.79. The summed E-state index contributed by atoms with van der Waals surface area (Å²) in [6, 6.07) is 12.5. The fourth-order valence-corrected chi connectivity index (χ4v) is 3.09. The fourth-order valence-electron chi connectivity index (χ4n) is 3.09. The van der Waals surface area contributed by atoms with E-state index in [1.54, 1.807) is 6.07 Å². The molecular formula is C19H14N2O3. The highest BCUT2D eigenvalue weighted by Crippen LogP contribution is 2.35. The molecule has 0 spiro atoms. The fraction of sp³-hybridized carbons (Fsp3) is 0.0526. The Labute approximate surface area is 137 Å². The number of hydrogen-bond acceptors (Lipinski definition) is 2. The Kier molecular flexibility index (Phi) is 3.03. The topological polar surface area (TPSA) is 82.2 Å². The molecule has 1 aliphatic rings. The van der Waals surface area contributed by atoms with Crippen LogP contribution < -0.4 is 5.32 Å². The number of anilines is 1. The van der Waals surface area contributed by atoms with E-state index >= 15 is 0 Å². The van der Waals surface area contributed by atoms with Gasteiger partial charge in [0.05, 0.1) is 5.56 Å². The van der Waals surface area contributed by atoms with Crippen molar-refractivity contribution in [1.29, 1.82) is 0 Å². The maximum Gasteiger partial charge on any atom is 0.335 e. The molecule has 2 heterocycles. The summed E-state index contributed by atoms with van der Waals surface area (Å²) < 4.78 is 0. The molecule has 24 heavy (non-hydrogen) atoms. The zero-order chi connectivity index (χ0) is 16.8. The van der Waals surface area contributed by atoms with Gasteiger partial charge in [-0.1, -0.05) is 18.2 Å². The molecule has 5 heteroatoms. The number of hydrogen-bond donors (Lipinski definition) is 3. The largest absolute Gasteiger partial charge is 0.478 e. The van der Waals surface area contributed by atoms with Gasteiger partial charge in [-0.3, -0.25) is 4.79 Å². The van der Waals surface area contributed by atoms with Crippen LogP contribution in [0.25, 0.3) is 22.6 Å². The zero-order valence-electron chi connectivity index (χ0n) is 12.9. The molecule has 0 fully saturated rings. The summed E-state index contributed by atoms with van der Waals surface area (Å²) in [4.78, 5) is 26.9. The Balaban J connectivity index is 1.92. The molecule has 5 nitrogen and oxygen atoms in total. The molecule has 4 rings (SSSR count). The van der Waals surface area contributed by atoms with Crippen molar-refractivity contribution < 1.29 is 14.7 Å².